The van der Waals surface area contributed by atoms with Gasteiger partial charge in [0.25, 0.3) is 0 Å². The number of hydrogen-bond acceptors (Lipinski definition) is 2. The van der Waals surface area contributed by atoms with Gasteiger partial charge in [-0.05, 0) is 24.3 Å². The largest absolute Gasteiger partial charge is 0.478 e. The summed E-state index contributed by atoms with van der Waals surface area (Å²) in [4.78, 5) is 21.5. The second-order valence-corrected chi connectivity index (χ2v) is 2.78. The number of nitrogens with one attached hydrogen (secondary N) is 1. The number of carbonyl (C=O) groups is 2. The summed E-state index contributed by atoms with van der Waals surface area (Å²) in [6.07, 6.45) is 0.403. The number of carboxylic acid groups (broad SMARTS) is 1. The molecule has 0 aliphatic carbocycles. The number of anilines is 1. The summed E-state index contributed by atoms with van der Waals surface area (Å²) in [5, 5.41) is 11.2. The van der Waals surface area contributed by atoms with E-state index in [0.717, 1.165) is 0 Å². The number of carbonyl (C=O) groups excluding carboxylic acids is 1. The maximum atomic E-state index is 11.0. The van der Waals surface area contributed by atoms with Crippen molar-refractivity contribution in [2.45, 2.75) is 13.3 Å². The van der Waals surface area contributed by atoms with E-state index in [1.165, 1.54) is 12.1 Å². The van der Waals surface area contributed by atoms with E-state index in [9.17, 15) is 9.59 Å². The molecule has 0 saturated carbocycles. The first-order chi connectivity index (χ1) is 6.63. The average molecular weight is 193 g/mol. The van der Waals surface area contributed by atoms with Gasteiger partial charge in [0, 0.05) is 12.1 Å². The molecule has 0 heterocycles. The molecule has 0 saturated heterocycles. The van der Waals surface area contributed by atoms with Crippen molar-refractivity contribution in [1.29, 1.82) is 0 Å². The highest BCUT2D eigenvalue weighted by Crippen LogP contribution is 2.09. The molecule has 4 nitrogen and oxygen atoms in total. The van der Waals surface area contributed by atoms with E-state index in [4.69, 9.17) is 5.11 Å². The van der Waals surface area contributed by atoms with Gasteiger partial charge in [-0.25, -0.2) is 4.79 Å². The highest BCUT2D eigenvalue weighted by atomic mass is 16.4. The zero-order valence-electron chi connectivity index (χ0n) is 7.78. The van der Waals surface area contributed by atoms with Crippen molar-refractivity contribution in [3.8, 4) is 0 Å². The normalized spacial score (nSPS) is 9.50. The van der Waals surface area contributed by atoms with Crippen LogP contribution in [0.5, 0.6) is 0 Å². The molecule has 1 aromatic rings. The number of carboxylic acids is 1. The van der Waals surface area contributed by atoms with Gasteiger partial charge in [-0.1, -0.05) is 6.92 Å². The molecule has 0 radical (unpaired) electrons. The van der Waals surface area contributed by atoms with Gasteiger partial charge < -0.3 is 10.4 Å². The summed E-state index contributed by atoms with van der Waals surface area (Å²) in [5.74, 6) is -1.06. The minimum atomic E-state index is -0.974. The zero-order valence-corrected chi connectivity index (χ0v) is 7.78. The van der Waals surface area contributed by atoms with Gasteiger partial charge in [-0.15, -0.1) is 0 Å². The SMILES string of the molecule is CCC(=O)Nc1ccc(C(=O)O)cc1. The predicted molar refractivity (Wildman–Crippen MR) is 52.3 cm³/mol. The standard InChI is InChI=1S/C10H11NO3/c1-2-9(12)11-8-5-3-7(4-6-8)10(13)14/h3-6H,2H2,1H3,(H,11,12)(H,13,14). The van der Waals surface area contributed by atoms with Crippen molar-refractivity contribution in [1.82, 2.24) is 0 Å². The maximum Gasteiger partial charge on any atom is 0.335 e. The Bertz CT molecular complexity index is 343. The lowest BCUT2D eigenvalue weighted by atomic mass is 10.2. The third kappa shape index (κ3) is 2.58. The molecule has 1 aromatic carbocycles. The third-order valence-corrected chi connectivity index (χ3v) is 1.74. The molecule has 0 spiro atoms. The van der Waals surface area contributed by atoms with Gasteiger partial charge in [0.15, 0.2) is 0 Å². The van der Waals surface area contributed by atoms with E-state index in [1.807, 2.05) is 0 Å². The van der Waals surface area contributed by atoms with Crippen LogP contribution in [-0.2, 0) is 4.79 Å². The lowest BCUT2D eigenvalue weighted by Crippen LogP contribution is -2.09. The van der Waals surface area contributed by atoms with Gasteiger partial charge in [0.05, 0.1) is 5.56 Å². The van der Waals surface area contributed by atoms with Crippen molar-refractivity contribution < 1.29 is 14.7 Å². The number of rotatable bonds is 3. The molecule has 0 aliphatic rings. The Kier molecular flexibility index (Phi) is 3.23. The minimum absolute atomic E-state index is 0.0897. The number of benzene rings is 1. The summed E-state index contributed by atoms with van der Waals surface area (Å²) < 4.78 is 0. The highest BCUT2D eigenvalue weighted by Gasteiger charge is 2.02. The van der Waals surface area contributed by atoms with Crippen LogP contribution in [0.3, 0.4) is 0 Å². The molecule has 4 heteroatoms. The molecule has 0 aromatic heterocycles. The summed E-state index contributed by atoms with van der Waals surface area (Å²) in [6, 6.07) is 6.04. The van der Waals surface area contributed by atoms with Gasteiger partial charge in [-0.3, -0.25) is 4.79 Å². The number of aromatic carboxylic acids is 1. The van der Waals surface area contributed by atoms with E-state index in [2.05, 4.69) is 5.32 Å². The van der Waals surface area contributed by atoms with Crippen molar-refractivity contribution >= 4 is 17.6 Å². The Labute approximate surface area is 81.6 Å². The summed E-state index contributed by atoms with van der Waals surface area (Å²) in [7, 11) is 0. The molecular weight excluding hydrogens is 182 g/mol. The fourth-order valence-corrected chi connectivity index (χ4v) is 0.946. The molecule has 0 aliphatic heterocycles. The van der Waals surface area contributed by atoms with Gasteiger partial charge in [-0.2, -0.15) is 0 Å². The second kappa shape index (κ2) is 4.41. The van der Waals surface area contributed by atoms with Gasteiger partial charge >= 0.3 is 5.97 Å². The zero-order chi connectivity index (χ0) is 10.6. The summed E-state index contributed by atoms with van der Waals surface area (Å²) in [5.41, 5.74) is 0.821. The van der Waals surface area contributed by atoms with Gasteiger partial charge in [0.1, 0.15) is 0 Å². The highest BCUT2D eigenvalue weighted by molar-refractivity contribution is 5.92. The Morgan fingerprint density at radius 2 is 1.86 bits per heavy atom. The van der Waals surface area contributed by atoms with E-state index in [-0.39, 0.29) is 11.5 Å². The molecule has 2 N–H and O–H groups in total. The Hall–Kier alpha value is -1.84. The fraction of sp³-hybridized carbons (Fsp3) is 0.200. The molecule has 1 amide bonds. The van der Waals surface area contributed by atoms with E-state index in [0.29, 0.717) is 12.1 Å². The number of amides is 1. The minimum Gasteiger partial charge on any atom is -0.478 e. The second-order valence-electron chi connectivity index (χ2n) is 2.78. The fourth-order valence-electron chi connectivity index (χ4n) is 0.946. The van der Waals surface area contributed by atoms with Crippen LogP contribution in [0, 0.1) is 0 Å². The van der Waals surface area contributed by atoms with E-state index in [1.54, 1.807) is 19.1 Å². The van der Waals surface area contributed by atoms with Crippen LogP contribution < -0.4 is 5.32 Å². The summed E-state index contributed by atoms with van der Waals surface area (Å²) in [6.45, 7) is 1.75. The average Bonchev–Trinajstić information content (AvgIpc) is 2.18. The molecule has 0 bridgehead atoms. The molecule has 1 rings (SSSR count). The Balaban J connectivity index is 2.73. The van der Waals surface area contributed by atoms with E-state index < -0.39 is 5.97 Å². The lowest BCUT2D eigenvalue weighted by Gasteiger charge is -2.02. The van der Waals surface area contributed by atoms with Crippen molar-refractivity contribution in [2.75, 3.05) is 5.32 Å². The predicted octanol–water partition coefficient (Wildman–Crippen LogP) is 1.73. The first-order valence-electron chi connectivity index (χ1n) is 4.26. The Morgan fingerprint density at radius 1 is 1.29 bits per heavy atom. The van der Waals surface area contributed by atoms with E-state index >= 15 is 0 Å². The molecule has 0 unspecified atom stereocenters. The molecule has 0 atom stereocenters. The number of hydrogen-bond donors (Lipinski definition) is 2. The first-order valence-corrected chi connectivity index (χ1v) is 4.26. The van der Waals surface area contributed by atoms with Crippen LogP contribution >= 0.6 is 0 Å². The van der Waals surface area contributed by atoms with Crippen LogP contribution in [-0.4, -0.2) is 17.0 Å². The molecule has 14 heavy (non-hydrogen) atoms. The quantitative estimate of drug-likeness (QED) is 0.768. The third-order valence-electron chi connectivity index (χ3n) is 1.74. The topological polar surface area (TPSA) is 66.4 Å². The van der Waals surface area contributed by atoms with Crippen LogP contribution in [0.2, 0.25) is 0 Å². The van der Waals surface area contributed by atoms with Crippen LogP contribution in [0.1, 0.15) is 23.7 Å². The maximum absolute atomic E-state index is 11.0. The molecule has 0 fully saturated rings. The molecular formula is C10H11NO3. The Morgan fingerprint density at radius 3 is 2.29 bits per heavy atom. The smallest absolute Gasteiger partial charge is 0.335 e. The molecule has 74 valence electrons. The lowest BCUT2D eigenvalue weighted by molar-refractivity contribution is -0.115. The van der Waals surface area contributed by atoms with Gasteiger partial charge in [0.2, 0.25) is 5.91 Å². The van der Waals surface area contributed by atoms with Crippen molar-refractivity contribution in [3.63, 3.8) is 0 Å². The van der Waals surface area contributed by atoms with Crippen molar-refractivity contribution in [2.24, 2.45) is 0 Å². The van der Waals surface area contributed by atoms with Crippen LogP contribution in [0.15, 0.2) is 24.3 Å². The monoisotopic (exact) mass is 193 g/mol. The first kappa shape index (κ1) is 10.2. The van der Waals surface area contributed by atoms with Crippen LogP contribution in [0.4, 0.5) is 5.69 Å². The van der Waals surface area contributed by atoms with Crippen molar-refractivity contribution in [3.05, 3.63) is 29.8 Å². The summed E-state index contributed by atoms with van der Waals surface area (Å²) >= 11 is 0. The van der Waals surface area contributed by atoms with Crippen LogP contribution in [0.25, 0.3) is 0 Å².